The molecule has 0 aliphatic carbocycles. The largest absolute Gasteiger partial charge is 0.493 e. The highest BCUT2D eigenvalue weighted by molar-refractivity contribution is 7.17. The fourth-order valence-corrected chi connectivity index (χ4v) is 3.62. The Kier molecular flexibility index (Phi) is 6.82. The van der Waals surface area contributed by atoms with E-state index in [1.54, 1.807) is 38.3 Å². The highest BCUT2D eigenvalue weighted by atomic mass is 32.1. The van der Waals surface area contributed by atoms with Crippen molar-refractivity contribution in [3.05, 3.63) is 70.7 Å². The average Bonchev–Trinajstić information content (AvgIpc) is 3.18. The molecule has 3 rings (SSSR count). The number of hydrazine groups is 1. The number of aryl methyl sites for hydroxylation is 1. The molecule has 0 atom stereocenters. The van der Waals surface area contributed by atoms with Gasteiger partial charge in [-0.15, -0.1) is 11.3 Å². The standard InChI is InChI=1S/C22H21N3O4S/c1-14-20(30-22(23-14)16-7-5-4-6-8-16)21(27)25-24-19(26)12-10-15-9-11-17(28-2)18(13-15)29-3/h4-13H,1-3H3,(H,24,26)(H,25,27)/b12-10+. The van der Waals surface area contributed by atoms with Crippen molar-refractivity contribution in [3.63, 3.8) is 0 Å². The smallest absolute Gasteiger partial charge is 0.281 e. The summed E-state index contributed by atoms with van der Waals surface area (Å²) in [6.07, 6.45) is 2.92. The number of methoxy groups -OCH3 is 2. The lowest BCUT2D eigenvalue weighted by atomic mass is 10.2. The topological polar surface area (TPSA) is 89.6 Å². The Hall–Kier alpha value is -3.65. The Balaban J connectivity index is 1.60. The van der Waals surface area contributed by atoms with E-state index in [9.17, 15) is 9.59 Å². The lowest BCUT2D eigenvalue weighted by Crippen LogP contribution is -2.40. The van der Waals surface area contributed by atoms with E-state index in [0.29, 0.717) is 22.1 Å². The minimum atomic E-state index is -0.469. The lowest BCUT2D eigenvalue weighted by Gasteiger charge is -2.07. The van der Waals surface area contributed by atoms with Crippen molar-refractivity contribution >= 4 is 29.2 Å². The normalized spacial score (nSPS) is 10.6. The predicted molar refractivity (Wildman–Crippen MR) is 116 cm³/mol. The van der Waals surface area contributed by atoms with E-state index in [2.05, 4.69) is 15.8 Å². The zero-order chi connectivity index (χ0) is 21.5. The number of nitrogens with zero attached hydrogens (tertiary/aromatic N) is 1. The first-order valence-electron chi connectivity index (χ1n) is 9.05. The van der Waals surface area contributed by atoms with Crippen LogP contribution in [0.1, 0.15) is 20.9 Å². The van der Waals surface area contributed by atoms with Crippen LogP contribution in [0.4, 0.5) is 0 Å². The number of aromatic nitrogens is 1. The Bertz CT molecular complexity index is 1080. The predicted octanol–water partition coefficient (Wildman–Crippen LogP) is 3.61. The van der Waals surface area contributed by atoms with Crippen molar-refractivity contribution in [2.24, 2.45) is 0 Å². The number of hydrogen-bond donors (Lipinski definition) is 2. The van der Waals surface area contributed by atoms with Gasteiger partial charge in [-0.1, -0.05) is 36.4 Å². The molecule has 0 bridgehead atoms. The van der Waals surface area contributed by atoms with E-state index in [-0.39, 0.29) is 0 Å². The van der Waals surface area contributed by atoms with Crippen LogP contribution < -0.4 is 20.3 Å². The van der Waals surface area contributed by atoms with Gasteiger partial charge in [-0.2, -0.15) is 0 Å². The highest BCUT2D eigenvalue weighted by Crippen LogP contribution is 2.28. The highest BCUT2D eigenvalue weighted by Gasteiger charge is 2.16. The molecule has 3 aromatic rings. The summed E-state index contributed by atoms with van der Waals surface area (Å²) in [5, 5.41) is 0.748. The van der Waals surface area contributed by atoms with Crippen molar-refractivity contribution < 1.29 is 19.1 Å². The monoisotopic (exact) mass is 423 g/mol. The maximum atomic E-state index is 12.4. The van der Waals surface area contributed by atoms with Crippen molar-refractivity contribution in [1.29, 1.82) is 0 Å². The van der Waals surface area contributed by atoms with E-state index in [0.717, 1.165) is 16.1 Å². The number of carbonyl (C=O) groups excluding carboxylic acids is 2. The molecule has 2 aromatic carbocycles. The maximum Gasteiger partial charge on any atom is 0.281 e. The van der Waals surface area contributed by atoms with Crippen molar-refractivity contribution in [2.75, 3.05) is 14.2 Å². The summed E-state index contributed by atoms with van der Waals surface area (Å²) in [5.74, 6) is 0.271. The summed E-state index contributed by atoms with van der Waals surface area (Å²) >= 11 is 1.27. The Morgan fingerprint density at radius 1 is 1.00 bits per heavy atom. The molecule has 0 saturated carbocycles. The number of amides is 2. The van der Waals surface area contributed by atoms with E-state index in [1.165, 1.54) is 24.5 Å². The van der Waals surface area contributed by atoms with Crippen molar-refractivity contribution in [3.8, 4) is 22.1 Å². The van der Waals surface area contributed by atoms with Crippen LogP contribution in [0, 0.1) is 6.92 Å². The van der Waals surface area contributed by atoms with Gasteiger partial charge in [-0.3, -0.25) is 20.4 Å². The first-order valence-corrected chi connectivity index (χ1v) is 9.86. The van der Waals surface area contributed by atoms with Gasteiger partial charge >= 0.3 is 0 Å². The van der Waals surface area contributed by atoms with E-state index >= 15 is 0 Å². The molecule has 0 unspecified atom stereocenters. The van der Waals surface area contributed by atoms with Gasteiger partial charge in [0.25, 0.3) is 11.8 Å². The minimum absolute atomic E-state index is 0.417. The number of benzene rings is 2. The second-order valence-electron chi connectivity index (χ2n) is 6.19. The average molecular weight is 423 g/mol. The van der Waals surface area contributed by atoms with Crippen LogP contribution >= 0.6 is 11.3 Å². The molecular weight excluding hydrogens is 402 g/mol. The van der Waals surface area contributed by atoms with Gasteiger partial charge in [0.15, 0.2) is 11.5 Å². The number of nitrogens with one attached hydrogen (secondary N) is 2. The van der Waals surface area contributed by atoms with Crippen LogP contribution in [0.15, 0.2) is 54.6 Å². The molecule has 0 spiro atoms. The first kappa shape index (κ1) is 21.1. The minimum Gasteiger partial charge on any atom is -0.493 e. The molecule has 0 fully saturated rings. The Labute approximate surface area is 178 Å². The lowest BCUT2D eigenvalue weighted by molar-refractivity contribution is -0.117. The molecule has 154 valence electrons. The van der Waals surface area contributed by atoms with Gasteiger partial charge in [0.05, 0.1) is 19.9 Å². The summed E-state index contributed by atoms with van der Waals surface area (Å²) in [7, 11) is 3.09. The molecule has 1 aromatic heterocycles. The number of carbonyl (C=O) groups is 2. The van der Waals surface area contributed by atoms with Gasteiger partial charge in [-0.25, -0.2) is 4.98 Å². The number of rotatable bonds is 6. The molecule has 30 heavy (non-hydrogen) atoms. The zero-order valence-corrected chi connectivity index (χ0v) is 17.6. The van der Waals surface area contributed by atoms with E-state index in [4.69, 9.17) is 9.47 Å². The molecule has 7 nitrogen and oxygen atoms in total. The molecule has 1 heterocycles. The first-order chi connectivity index (χ1) is 14.5. The van der Waals surface area contributed by atoms with Crippen LogP contribution in [0.25, 0.3) is 16.6 Å². The summed E-state index contributed by atoms with van der Waals surface area (Å²) < 4.78 is 10.4. The molecule has 2 amide bonds. The van der Waals surface area contributed by atoms with Gasteiger partial charge in [0.1, 0.15) is 9.88 Å². The summed E-state index contributed by atoms with van der Waals surface area (Å²) in [6.45, 7) is 1.76. The molecule has 0 saturated heterocycles. The number of thiazole rings is 1. The van der Waals surface area contributed by atoms with Crippen LogP contribution in [0.2, 0.25) is 0 Å². The van der Waals surface area contributed by atoms with Crippen LogP contribution in [-0.4, -0.2) is 31.0 Å². The molecule has 0 aliphatic heterocycles. The van der Waals surface area contributed by atoms with Crippen molar-refractivity contribution in [2.45, 2.75) is 6.92 Å². The van der Waals surface area contributed by atoms with Gasteiger partial charge in [-0.05, 0) is 30.7 Å². The van der Waals surface area contributed by atoms with Gasteiger partial charge < -0.3 is 9.47 Å². The zero-order valence-electron chi connectivity index (χ0n) is 16.8. The molecule has 0 radical (unpaired) electrons. The quantitative estimate of drug-likeness (QED) is 0.467. The summed E-state index contributed by atoms with van der Waals surface area (Å²) in [4.78, 5) is 29.4. The summed E-state index contributed by atoms with van der Waals surface area (Å²) in [5.41, 5.74) is 7.08. The third kappa shape index (κ3) is 5.03. The molecule has 8 heteroatoms. The summed E-state index contributed by atoms with van der Waals surface area (Å²) in [6, 6.07) is 14.9. The van der Waals surface area contributed by atoms with Gasteiger partial charge in [0.2, 0.25) is 0 Å². The Morgan fingerprint density at radius 2 is 1.73 bits per heavy atom. The number of ether oxygens (including phenoxy) is 2. The third-order valence-electron chi connectivity index (χ3n) is 4.16. The second-order valence-corrected chi connectivity index (χ2v) is 7.19. The Morgan fingerprint density at radius 3 is 2.43 bits per heavy atom. The van der Waals surface area contributed by atoms with Crippen LogP contribution in [0.5, 0.6) is 11.5 Å². The molecule has 0 aliphatic rings. The molecular formula is C22H21N3O4S. The molecule has 2 N–H and O–H groups in total. The number of hydrogen-bond acceptors (Lipinski definition) is 6. The fourth-order valence-electron chi connectivity index (χ4n) is 2.66. The van der Waals surface area contributed by atoms with Gasteiger partial charge in [0, 0.05) is 11.6 Å². The van der Waals surface area contributed by atoms with Crippen molar-refractivity contribution in [1.82, 2.24) is 15.8 Å². The van der Waals surface area contributed by atoms with Crippen LogP contribution in [-0.2, 0) is 4.79 Å². The van der Waals surface area contributed by atoms with E-state index < -0.39 is 11.8 Å². The second kappa shape index (κ2) is 9.71. The van der Waals surface area contributed by atoms with E-state index in [1.807, 2.05) is 30.3 Å². The van der Waals surface area contributed by atoms with Crippen LogP contribution in [0.3, 0.4) is 0 Å². The fraction of sp³-hybridized carbons (Fsp3) is 0.136. The SMILES string of the molecule is COc1ccc(/C=C/C(=O)NNC(=O)c2sc(-c3ccccc3)nc2C)cc1OC. The maximum absolute atomic E-state index is 12.4. The third-order valence-corrected chi connectivity index (χ3v) is 5.36.